The van der Waals surface area contributed by atoms with Crippen molar-refractivity contribution < 1.29 is 8.42 Å². The zero-order chi connectivity index (χ0) is 19.6. The molecule has 4 rings (SSSR count). The minimum absolute atomic E-state index is 0.202. The van der Waals surface area contributed by atoms with Crippen LogP contribution in [0, 0.1) is 0 Å². The van der Waals surface area contributed by atoms with Crippen molar-refractivity contribution in [2.24, 2.45) is 0 Å². The quantitative estimate of drug-likeness (QED) is 0.652. The van der Waals surface area contributed by atoms with Crippen LogP contribution in [0.15, 0.2) is 69.0 Å². The van der Waals surface area contributed by atoms with Gasteiger partial charge in [0.2, 0.25) is 0 Å². The van der Waals surface area contributed by atoms with Gasteiger partial charge in [-0.2, -0.15) is 8.99 Å². The molecule has 1 fully saturated rings. The van der Waals surface area contributed by atoms with Gasteiger partial charge in [-0.25, -0.2) is 8.42 Å². The molecule has 0 amide bonds. The van der Waals surface area contributed by atoms with Gasteiger partial charge in [-0.05, 0) is 36.1 Å². The summed E-state index contributed by atoms with van der Waals surface area (Å²) >= 11 is 1.24. The lowest BCUT2D eigenvalue weighted by molar-refractivity contribution is 0.434. The van der Waals surface area contributed by atoms with Crippen LogP contribution in [0.1, 0.15) is 6.42 Å². The summed E-state index contributed by atoms with van der Waals surface area (Å²) in [4.78, 5) is 14.3. The Morgan fingerprint density at radius 3 is 2.46 bits per heavy atom. The highest BCUT2D eigenvalue weighted by molar-refractivity contribution is 7.91. The number of hydrogen-bond donors (Lipinski definition) is 0. The standard InChI is InChI=1S/C19H20N4O3S2/c24-18-10-9-17(20-23(18)16-6-2-1-3-7-16)21-11-5-12-22(14-13-21)28(25,26)19-8-4-15-27-19/h1-4,6-10,15H,5,11-14H2. The molecule has 2 aromatic heterocycles. The Labute approximate surface area is 167 Å². The number of benzene rings is 1. The first-order valence-corrected chi connectivity index (χ1v) is 11.3. The molecule has 0 unspecified atom stereocenters. The Morgan fingerprint density at radius 1 is 0.893 bits per heavy atom. The summed E-state index contributed by atoms with van der Waals surface area (Å²) in [6, 6.07) is 15.8. The minimum Gasteiger partial charge on any atom is -0.354 e. The van der Waals surface area contributed by atoms with Crippen LogP contribution in [0.2, 0.25) is 0 Å². The molecule has 9 heteroatoms. The summed E-state index contributed by atoms with van der Waals surface area (Å²) in [6.45, 7) is 2.04. The third-order valence-electron chi connectivity index (χ3n) is 4.66. The molecule has 1 aliphatic heterocycles. The third-order valence-corrected chi connectivity index (χ3v) is 7.93. The van der Waals surface area contributed by atoms with Gasteiger partial charge in [0.15, 0.2) is 0 Å². The van der Waals surface area contributed by atoms with Crippen LogP contribution in [0.3, 0.4) is 0 Å². The van der Waals surface area contributed by atoms with Crippen molar-refractivity contribution in [2.75, 3.05) is 31.1 Å². The summed E-state index contributed by atoms with van der Waals surface area (Å²) < 4.78 is 28.9. The third kappa shape index (κ3) is 3.73. The summed E-state index contributed by atoms with van der Waals surface area (Å²) in [5.74, 6) is 0.666. The molecule has 1 aliphatic rings. The van der Waals surface area contributed by atoms with Crippen LogP contribution >= 0.6 is 11.3 Å². The van der Waals surface area contributed by atoms with Crippen molar-refractivity contribution in [1.82, 2.24) is 14.1 Å². The molecule has 0 saturated carbocycles. The van der Waals surface area contributed by atoms with Crippen molar-refractivity contribution >= 4 is 27.2 Å². The first-order valence-electron chi connectivity index (χ1n) is 9.00. The number of anilines is 1. The SMILES string of the molecule is O=c1ccc(N2CCCN(S(=O)(=O)c3cccs3)CC2)nn1-c1ccccc1. The molecule has 0 spiro atoms. The maximum Gasteiger partial charge on any atom is 0.271 e. The van der Waals surface area contributed by atoms with Gasteiger partial charge in [0, 0.05) is 32.2 Å². The Balaban J connectivity index is 1.56. The monoisotopic (exact) mass is 416 g/mol. The van der Waals surface area contributed by atoms with E-state index in [0.29, 0.717) is 48.3 Å². The van der Waals surface area contributed by atoms with Gasteiger partial charge in [-0.15, -0.1) is 16.4 Å². The summed E-state index contributed by atoms with van der Waals surface area (Å²) in [7, 11) is -3.46. The van der Waals surface area contributed by atoms with E-state index in [1.807, 2.05) is 35.2 Å². The summed E-state index contributed by atoms with van der Waals surface area (Å²) in [5.41, 5.74) is 0.498. The van der Waals surface area contributed by atoms with Crippen molar-refractivity contribution in [3.63, 3.8) is 0 Å². The highest BCUT2D eigenvalue weighted by atomic mass is 32.2. The normalized spacial score (nSPS) is 16.1. The topological polar surface area (TPSA) is 75.5 Å². The lowest BCUT2D eigenvalue weighted by atomic mass is 10.3. The average Bonchev–Trinajstić information content (AvgIpc) is 3.15. The van der Waals surface area contributed by atoms with E-state index in [0.717, 1.165) is 0 Å². The van der Waals surface area contributed by atoms with Gasteiger partial charge in [0.25, 0.3) is 15.6 Å². The smallest absolute Gasteiger partial charge is 0.271 e. The molecule has 0 bridgehead atoms. The van der Waals surface area contributed by atoms with Crippen LogP contribution in [0.25, 0.3) is 5.69 Å². The Bertz CT molecular complexity index is 1100. The zero-order valence-electron chi connectivity index (χ0n) is 15.1. The fraction of sp³-hybridized carbons (Fsp3) is 0.263. The zero-order valence-corrected chi connectivity index (χ0v) is 16.8. The Hall–Kier alpha value is -2.49. The fourth-order valence-electron chi connectivity index (χ4n) is 3.23. The predicted octanol–water partition coefficient (Wildman–Crippen LogP) is 2.19. The Morgan fingerprint density at radius 2 is 1.71 bits per heavy atom. The highest BCUT2D eigenvalue weighted by Gasteiger charge is 2.28. The van der Waals surface area contributed by atoms with E-state index < -0.39 is 10.0 Å². The van der Waals surface area contributed by atoms with Crippen LogP contribution < -0.4 is 10.5 Å². The lowest BCUT2D eigenvalue weighted by Gasteiger charge is -2.22. The number of para-hydroxylation sites is 1. The van der Waals surface area contributed by atoms with Gasteiger partial charge in [-0.3, -0.25) is 4.79 Å². The predicted molar refractivity (Wildman–Crippen MR) is 110 cm³/mol. The first-order chi connectivity index (χ1) is 13.6. The van der Waals surface area contributed by atoms with Crippen molar-refractivity contribution in [3.05, 3.63) is 70.3 Å². The van der Waals surface area contributed by atoms with Crippen LogP contribution in [0.4, 0.5) is 5.82 Å². The second-order valence-electron chi connectivity index (χ2n) is 6.45. The number of rotatable bonds is 4. The maximum atomic E-state index is 12.8. The van der Waals surface area contributed by atoms with Crippen molar-refractivity contribution in [1.29, 1.82) is 0 Å². The molecule has 3 heterocycles. The molecule has 0 N–H and O–H groups in total. The Kier molecular flexibility index (Phi) is 5.29. The maximum absolute atomic E-state index is 12.8. The van der Waals surface area contributed by atoms with Gasteiger partial charge < -0.3 is 4.90 Å². The summed E-state index contributed by atoms with van der Waals surface area (Å²) in [6.07, 6.45) is 0.691. The number of sulfonamides is 1. The van der Waals surface area contributed by atoms with E-state index >= 15 is 0 Å². The number of thiophene rings is 1. The van der Waals surface area contributed by atoms with Gasteiger partial charge in [0.1, 0.15) is 10.0 Å². The lowest BCUT2D eigenvalue weighted by Crippen LogP contribution is -2.35. The molecule has 0 atom stereocenters. The first kappa shape index (κ1) is 18.9. The highest BCUT2D eigenvalue weighted by Crippen LogP contribution is 2.23. The second-order valence-corrected chi connectivity index (χ2v) is 9.57. The average molecular weight is 417 g/mol. The van der Waals surface area contributed by atoms with Crippen LogP contribution in [-0.2, 0) is 10.0 Å². The molecule has 28 heavy (non-hydrogen) atoms. The van der Waals surface area contributed by atoms with E-state index in [9.17, 15) is 13.2 Å². The molecule has 7 nitrogen and oxygen atoms in total. The second kappa shape index (κ2) is 7.86. The molecule has 0 radical (unpaired) electrons. The number of aromatic nitrogens is 2. The van der Waals surface area contributed by atoms with Gasteiger partial charge in [-0.1, -0.05) is 24.3 Å². The minimum atomic E-state index is -3.46. The molecule has 146 valence electrons. The summed E-state index contributed by atoms with van der Waals surface area (Å²) in [5, 5.41) is 6.28. The van der Waals surface area contributed by atoms with Gasteiger partial charge >= 0.3 is 0 Å². The van der Waals surface area contributed by atoms with E-state index in [-0.39, 0.29) is 5.56 Å². The van der Waals surface area contributed by atoms with Gasteiger partial charge in [0.05, 0.1) is 5.69 Å². The van der Waals surface area contributed by atoms with E-state index in [1.54, 1.807) is 23.6 Å². The van der Waals surface area contributed by atoms with Crippen molar-refractivity contribution in [2.45, 2.75) is 10.6 Å². The molecule has 0 aliphatic carbocycles. The molecule has 1 saturated heterocycles. The number of hydrogen-bond acceptors (Lipinski definition) is 6. The van der Waals surface area contributed by atoms with E-state index in [4.69, 9.17) is 0 Å². The number of nitrogens with zero attached hydrogens (tertiary/aromatic N) is 4. The molecular weight excluding hydrogens is 396 g/mol. The largest absolute Gasteiger partial charge is 0.354 e. The molecule has 3 aromatic rings. The van der Waals surface area contributed by atoms with Crippen molar-refractivity contribution in [3.8, 4) is 5.69 Å². The molecule has 1 aromatic carbocycles. The molecular formula is C19H20N4O3S2. The van der Waals surface area contributed by atoms with E-state index in [1.165, 1.54) is 26.4 Å². The van der Waals surface area contributed by atoms with E-state index in [2.05, 4.69) is 5.10 Å². The van der Waals surface area contributed by atoms with Crippen LogP contribution in [0.5, 0.6) is 0 Å². The fourth-order valence-corrected chi connectivity index (χ4v) is 5.84. The van der Waals surface area contributed by atoms with Crippen LogP contribution in [-0.4, -0.2) is 48.7 Å².